The van der Waals surface area contributed by atoms with E-state index < -0.39 is 4.92 Å². The lowest BCUT2D eigenvalue weighted by Crippen LogP contribution is -2.27. The Morgan fingerprint density at radius 2 is 2.29 bits per heavy atom. The summed E-state index contributed by atoms with van der Waals surface area (Å²) in [6.07, 6.45) is 1.87. The zero-order valence-electron chi connectivity index (χ0n) is 12.6. The van der Waals surface area contributed by atoms with Crippen LogP contribution in [0.1, 0.15) is 26.7 Å². The lowest BCUT2D eigenvalue weighted by molar-refractivity contribution is -0.385. The molecule has 1 aliphatic rings. The second-order valence-electron chi connectivity index (χ2n) is 5.60. The minimum absolute atomic E-state index is 0.0226. The summed E-state index contributed by atoms with van der Waals surface area (Å²) in [7, 11) is 0. The van der Waals surface area contributed by atoms with E-state index in [0.717, 1.165) is 25.1 Å². The van der Waals surface area contributed by atoms with Gasteiger partial charge in [-0.05, 0) is 38.3 Å². The molecule has 0 bridgehead atoms. The molecule has 1 saturated heterocycles. The van der Waals surface area contributed by atoms with Gasteiger partial charge in [0.25, 0.3) is 0 Å². The van der Waals surface area contributed by atoms with Crippen LogP contribution in [0.4, 0.5) is 11.4 Å². The molecule has 2 atom stereocenters. The number of hydrogen-bond acceptors (Lipinski definition) is 5. The van der Waals surface area contributed by atoms with Gasteiger partial charge in [-0.3, -0.25) is 10.1 Å². The second-order valence-corrected chi connectivity index (χ2v) is 5.60. The maximum Gasteiger partial charge on any atom is 0.311 e. The standard InChI is InChI=1S/C15H23N3O3/c1-3-6-21-15-8-13(4-5-14(15)18(19)20)17-10-12(9-16)7-11(17)2/h4-5,8,11-12H,3,6-7,9-10,16H2,1-2H3. The van der Waals surface area contributed by atoms with Crippen molar-refractivity contribution in [2.24, 2.45) is 11.7 Å². The average Bonchev–Trinajstić information content (AvgIpc) is 2.85. The van der Waals surface area contributed by atoms with Crippen LogP contribution >= 0.6 is 0 Å². The van der Waals surface area contributed by atoms with Crippen LogP contribution in [-0.4, -0.2) is 30.7 Å². The molecule has 1 heterocycles. The average molecular weight is 293 g/mol. The summed E-state index contributed by atoms with van der Waals surface area (Å²) in [5.74, 6) is 0.831. The molecular weight excluding hydrogens is 270 g/mol. The van der Waals surface area contributed by atoms with Crippen molar-refractivity contribution in [1.82, 2.24) is 0 Å². The number of rotatable bonds is 6. The van der Waals surface area contributed by atoms with E-state index in [0.29, 0.717) is 30.9 Å². The van der Waals surface area contributed by atoms with Gasteiger partial charge in [0.15, 0.2) is 5.75 Å². The Balaban J connectivity index is 2.26. The maximum atomic E-state index is 11.1. The molecule has 6 heteroatoms. The van der Waals surface area contributed by atoms with Gasteiger partial charge in [0, 0.05) is 30.4 Å². The Kier molecular flexibility index (Phi) is 5.01. The minimum atomic E-state index is -0.398. The quantitative estimate of drug-likeness (QED) is 0.644. The number of nitrogens with zero attached hydrogens (tertiary/aromatic N) is 2. The third-order valence-corrected chi connectivity index (χ3v) is 3.93. The van der Waals surface area contributed by atoms with Gasteiger partial charge in [0.1, 0.15) is 0 Å². The SMILES string of the molecule is CCCOc1cc(N2CC(CN)CC2C)ccc1[N+](=O)[O-]. The Hall–Kier alpha value is -1.82. The fourth-order valence-electron chi connectivity index (χ4n) is 2.83. The first-order valence-electron chi connectivity index (χ1n) is 7.44. The Morgan fingerprint density at radius 1 is 1.52 bits per heavy atom. The van der Waals surface area contributed by atoms with Crippen molar-refractivity contribution in [3.05, 3.63) is 28.3 Å². The molecule has 0 amide bonds. The van der Waals surface area contributed by atoms with Crippen LogP contribution in [0.3, 0.4) is 0 Å². The first-order valence-corrected chi connectivity index (χ1v) is 7.44. The zero-order chi connectivity index (χ0) is 15.4. The van der Waals surface area contributed by atoms with E-state index in [1.807, 2.05) is 6.92 Å². The van der Waals surface area contributed by atoms with Crippen molar-refractivity contribution in [2.75, 3.05) is 24.6 Å². The number of benzene rings is 1. The van der Waals surface area contributed by atoms with Crippen molar-refractivity contribution in [2.45, 2.75) is 32.7 Å². The highest BCUT2D eigenvalue weighted by atomic mass is 16.6. The Bertz CT molecular complexity index is 507. The normalized spacial score (nSPS) is 21.6. The molecule has 1 aromatic rings. The number of nitrogens with two attached hydrogens (primary N) is 1. The van der Waals surface area contributed by atoms with Crippen molar-refractivity contribution < 1.29 is 9.66 Å². The van der Waals surface area contributed by atoms with Crippen molar-refractivity contribution in [3.8, 4) is 5.75 Å². The molecule has 2 N–H and O–H groups in total. The fourth-order valence-corrected chi connectivity index (χ4v) is 2.83. The number of nitro benzene ring substituents is 1. The number of ether oxygens (including phenoxy) is 1. The highest BCUT2D eigenvalue weighted by Crippen LogP contribution is 2.35. The summed E-state index contributed by atoms with van der Waals surface area (Å²) in [5, 5.41) is 11.1. The smallest absolute Gasteiger partial charge is 0.311 e. The van der Waals surface area contributed by atoms with E-state index in [2.05, 4.69) is 11.8 Å². The van der Waals surface area contributed by atoms with E-state index in [9.17, 15) is 10.1 Å². The number of hydrogen-bond donors (Lipinski definition) is 1. The third-order valence-electron chi connectivity index (χ3n) is 3.93. The maximum absolute atomic E-state index is 11.1. The van der Waals surface area contributed by atoms with Gasteiger partial charge in [-0.1, -0.05) is 6.92 Å². The van der Waals surface area contributed by atoms with Crippen molar-refractivity contribution >= 4 is 11.4 Å². The molecule has 0 saturated carbocycles. The zero-order valence-corrected chi connectivity index (χ0v) is 12.6. The molecule has 21 heavy (non-hydrogen) atoms. The molecule has 1 aliphatic heterocycles. The molecule has 0 aromatic heterocycles. The second kappa shape index (κ2) is 6.76. The Morgan fingerprint density at radius 3 is 2.86 bits per heavy atom. The van der Waals surface area contributed by atoms with E-state index >= 15 is 0 Å². The third kappa shape index (κ3) is 3.44. The van der Waals surface area contributed by atoms with Crippen molar-refractivity contribution in [1.29, 1.82) is 0 Å². The topological polar surface area (TPSA) is 81.6 Å². The van der Waals surface area contributed by atoms with Crippen LogP contribution < -0.4 is 15.4 Å². The van der Waals surface area contributed by atoms with E-state index in [4.69, 9.17) is 10.5 Å². The van der Waals surface area contributed by atoms with Crippen LogP contribution in [0.5, 0.6) is 5.75 Å². The summed E-state index contributed by atoms with van der Waals surface area (Å²) < 4.78 is 5.54. The van der Waals surface area contributed by atoms with Crippen LogP contribution in [0, 0.1) is 16.0 Å². The molecular formula is C15H23N3O3. The molecule has 2 unspecified atom stereocenters. The summed E-state index contributed by atoms with van der Waals surface area (Å²) >= 11 is 0. The summed E-state index contributed by atoms with van der Waals surface area (Å²) in [5.41, 5.74) is 6.75. The summed E-state index contributed by atoms with van der Waals surface area (Å²) in [6, 6.07) is 5.50. The number of anilines is 1. The highest BCUT2D eigenvalue weighted by Gasteiger charge is 2.29. The molecule has 1 aromatic carbocycles. The predicted octanol–water partition coefficient (Wildman–Crippen LogP) is 2.56. The molecule has 1 fully saturated rings. The Labute approximate surface area is 125 Å². The van der Waals surface area contributed by atoms with E-state index in [1.165, 1.54) is 6.07 Å². The van der Waals surface area contributed by atoms with Crippen LogP contribution in [0.2, 0.25) is 0 Å². The predicted molar refractivity (Wildman–Crippen MR) is 82.9 cm³/mol. The van der Waals surface area contributed by atoms with Gasteiger partial charge in [0.2, 0.25) is 0 Å². The first-order chi connectivity index (χ1) is 10.1. The minimum Gasteiger partial charge on any atom is -0.487 e. The highest BCUT2D eigenvalue weighted by molar-refractivity contribution is 5.60. The van der Waals surface area contributed by atoms with Gasteiger partial charge in [-0.25, -0.2) is 0 Å². The van der Waals surface area contributed by atoms with Gasteiger partial charge >= 0.3 is 5.69 Å². The van der Waals surface area contributed by atoms with Gasteiger partial charge in [0.05, 0.1) is 11.5 Å². The van der Waals surface area contributed by atoms with E-state index in [1.54, 1.807) is 12.1 Å². The van der Waals surface area contributed by atoms with Crippen LogP contribution in [0.15, 0.2) is 18.2 Å². The molecule has 6 nitrogen and oxygen atoms in total. The van der Waals surface area contributed by atoms with E-state index in [-0.39, 0.29) is 5.69 Å². The van der Waals surface area contributed by atoms with Crippen LogP contribution in [0.25, 0.3) is 0 Å². The van der Waals surface area contributed by atoms with Crippen LogP contribution in [-0.2, 0) is 0 Å². The molecule has 0 aliphatic carbocycles. The monoisotopic (exact) mass is 293 g/mol. The lowest BCUT2D eigenvalue weighted by Gasteiger charge is -2.24. The molecule has 2 rings (SSSR count). The molecule has 116 valence electrons. The van der Waals surface area contributed by atoms with Gasteiger partial charge in [-0.15, -0.1) is 0 Å². The fraction of sp³-hybridized carbons (Fsp3) is 0.600. The van der Waals surface area contributed by atoms with Crippen molar-refractivity contribution in [3.63, 3.8) is 0 Å². The lowest BCUT2D eigenvalue weighted by atomic mass is 10.1. The number of nitro groups is 1. The molecule has 0 spiro atoms. The largest absolute Gasteiger partial charge is 0.487 e. The summed E-state index contributed by atoms with van der Waals surface area (Å²) in [4.78, 5) is 12.9. The summed E-state index contributed by atoms with van der Waals surface area (Å²) in [6.45, 7) is 6.18. The molecule has 0 radical (unpaired) electrons. The first kappa shape index (κ1) is 15.6. The van der Waals surface area contributed by atoms with Gasteiger partial charge < -0.3 is 15.4 Å². The van der Waals surface area contributed by atoms with Gasteiger partial charge in [-0.2, -0.15) is 0 Å².